The van der Waals surface area contributed by atoms with Crippen LogP contribution in [0.1, 0.15) is 42.9 Å². The number of aryl methyl sites for hydroxylation is 1. The Morgan fingerprint density at radius 1 is 1.43 bits per heavy atom. The molecule has 114 valence electrons. The first kappa shape index (κ1) is 14.4. The van der Waals surface area contributed by atoms with Gasteiger partial charge < -0.3 is 9.15 Å². The zero-order valence-corrected chi connectivity index (χ0v) is 12.8. The Bertz CT molecular complexity index is 576. The molecule has 0 amide bonds. The molecular weight excluding hydrogens is 266 g/mol. The van der Waals surface area contributed by atoms with Gasteiger partial charge in [-0.1, -0.05) is 0 Å². The van der Waals surface area contributed by atoms with E-state index in [0.717, 1.165) is 37.6 Å². The van der Waals surface area contributed by atoms with Crippen LogP contribution in [0.2, 0.25) is 0 Å². The van der Waals surface area contributed by atoms with Crippen LogP contribution in [0.15, 0.2) is 28.9 Å². The van der Waals surface area contributed by atoms with Crippen molar-refractivity contribution in [1.82, 2.24) is 14.7 Å². The minimum Gasteiger partial charge on any atom is -0.462 e. The van der Waals surface area contributed by atoms with Crippen molar-refractivity contribution < 1.29 is 9.15 Å². The molecule has 1 saturated heterocycles. The number of nitrogens with zero attached hydrogens (tertiary/aromatic N) is 3. The van der Waals surface area contributed by atoms with Gasteiger partial charge in [-0.2, -0.15) is 5.10 Å². The molecule has 1 fully saturated rings. The summed E-state index contributed by atoms with van der Waals surface area (Å²) in [6, 6.07) is 4.48. The highest BCUT2D eigenvalue weighted by Crippen LogP contribution is 2.34. The number of hydrogen-bond acceptors (Lipinski definition) is 4. The second-order valence-electron chi connectivity index (χ2n) is 5.57. The van der Waals surface area contributed by atoms with Gasteiger partial charge in [-0.3, -0.25) is 9.58 Å². The maximum atomic E-state index is 5.91. The predicted octanol–water partition coefficient (Wildman–Crippen LogP) is 2.98. The molecule has 0 radical (unpaired) electrons. The second-order valence-corrected chi connectivity index (χ2v) is 5.57. The molecule has 0 spiro atoms. The van der Waals surface area contributed by atoms with Gasteiger partial charge in [0.05, 0.1) is 12.2 Å². The van der Waals surface area contributed by atoms with E-state index in [1.54, 1.807) is 7.11 Å². The van der Waals surface area contributed by atoms with Crippen LogP contribution in [0.5, 0.6) is 0 Å². The van der Waals surface area contributed by atoms with Crippen molar-refractivity contribution in [3.05, 3.63) is 41.6 Å². The van der Waals surface area contributed by atoms with Gasteiger partial charge in [0.15, 0.2) is 0 Å². The topological polar surface area (TPSA) is 43.4 Å². The summed E-state index contributed by atoms with van der Waals surface area (Å²) < 4.78 is 13.0. The standard InChI is InChI=1S/C16H23N3O2/c1-3-19-11-13(9-17-19)10-18-8-4-5-15(18)16-7-6-14(21-16)12-20-2/h6-7,9,11,15H,3-5,8,10,12H2,1-2H3/t15-/m0/s1. The number of rotatable bonds is 6. The molecule has 3 heterocycles. The smallest absolute Gasteiger partial charge is 0.129 e. The summed E-state index contributed by atoms with van der Waals surface area (Å²) in [5, 5.41) is 4.35. The van der Waals surface area contributed by atoms with E-state index in [4.69, 9.17) is 9.15 Å². The van der Waals surface area contributed by atoms with Gasteiger partial charge in [0.2, 0.25) is 0 Å². The first-order valence-electron chi connectivity index (χ1n) is 7.63. The lowest BCUT2D eigenvalue weighted by molar-refractivity contribution is 0.155. The number of hydrogen-bond donors (Lipinski definition) is 0. The summed E-state index contributed by atoms with van der Waals surface area (Å²) in [5.41, 5.74) is 1.27. The summed E-state index contributed by atoms with van der Waals surface area (Å²) in [5.74, 6) is 1.96. The van der Waals surface area contributed by atoms with Crippen LogP contribution < -0.4 is 0 Å². The van der Waals surface area contributed by atoms with Crippen LogP contribution in [0.3, 0.4) is 0 Å². The largest absolute Gasteiger partial charge is 0.462 e. The van der Waals surface area contributed by atoms with E-state index >= 15 is 0 Å². The molecule has 0 N–H and O–H groups in total. The molecule has 1 aliphatic rings. The fourth-order valence-corrected chi connectivity index (χ4v) is 3.03. The molecule has 0 unspecified atom stereocenters. The van der Waals surface area contributed by atoms with Gasteiger partial charge in [-0.15, -0.1) is 0 Å². The number of ether oxygens (including phenoxy) is 1. The number of methoxy groups -OCH3 is 1. The van der Waals surface area contributed by atoms with Crippen LogP contribution in [0, 0.1) is 0 Å². The third-order valence-electron chi connectivity index (χ3n) is 4.06. The Labute approximate surface area is 125 Å². The molecule has 2 aromatic heterocycles. The molecule has 1 aliphatic heterocycles. The van der Waals surface area contributed by atoms with Gasteiger partial charge >= 0.3 is 0 Å². The molecule has 0 aromatic carbocycles. The Balaban J connectivity index is 1.69. The third kappa shape index (κ3) is 3.19. The Kier molecular flexibility index (Phi) is 4.41. The second kappa shape index (κ2) is 6.45. The maximum Gasteiger partial charge on any atom is 0.129 e. The van der Waals surface area contributed by atoms with E-state index < -0.39 is 0 Å². The van der Waals surface area contributed by atoms with Gasteiger partial charge in [0, 0.05) is 32.0 Å². The lowest BCUT2D eigenvalue weighted by Gasteiger charge is -2.22. The quantitative estimate of drug-likeness (QED) is 0.820. The van der Waals surface area contributed by atoms with Gasteiger partial charge in [-0.05, 0) is 38.4 Å². The Hall–Kier alpha value is -1.59. The van der Waals surface area contributed by atoms with E-state index in [0.29, 0.717) is 12.6 Å². The fourth-order valence-electron chi connectivity index (χ4n) is 3.03. The molecule has 0 aliphatic carbocycles. The maximum absolute atomic E-state index is 5.91. The normalized spacial score (nSPS) is 19.4. The van der Waals surface area contributed by atoms with Crippen molar-refractivity contribution in [2.24, 2.45) is 0 Å². The van der Waals surface area contributed by atoms with Crippen LogP contribution in [-0.4, -0.2) is 28.3 Å². The number of aromatic nitrogens is 2. The van der Waals surface area contributed by atoms with Crippen LogP contribution in [0.25, 0.3) is 0 Å². The van der Waals surface area contributed by atoms with E-state index in [-0.39, 0.29) is 0 Å². The highest BCUT2D eigenvalue weighted by atomic mass is 16.5. The third-order valence-corrected chi connectivity index (χ3v) is 4.06. The monoisotopic (exact) mass is 289 g/mol. The SMILES string of the molecule is CCn1cc(CN2CCC[C@H]2c2ccc(COC)o2)cn1. The molecule has 5 heteroatoms. The molecule has 0 bridgehead atoms. The summed E-state index contributed by atoms with van der Waals surface area (Å²) in [6.07, 6.45) is 6.47. The molecule has 0 saturated carbocycles. The van der Waals surface area contributed by atoms with Crippen LogP contribution in [0.4, 0.5) is 0 Å². The number of furan rings is 1. The molecule has 21 heavy (non-hydrogen) atoms. The lowest BCUT2D eigenvalue weighted by atomic mass is 10.1. The van der Waals surface area contributed by atoms with E-state index in [1.807, 2.05) is 16.9 Å². The van der Waals surface area contributed by atoms with E-state index in [2.05, 4.69) is 29.2 Å². The summed E-state index contributed by atoms with van der Waals surface area (Å²) in [7, 11) is 1.69. The van der Waals surface area contributed by atoms with Crippen molar-refractivity contribution >= 4 is 0 Å². The average Bonchev–Trinajstić information content (AvgIpc) is 3.20. The van der Waals surface area contributed by atoms with Crippen molar-refractivity contribution in [2.45, 2.75) is 45.5 Å². The van der Waals surface area contributed by atoms with Crippen molar-refractivity contribution in [3.63, 3.8) is 0 Å². The number of likely N-dealkylation sites (tertiary alicyclic amines) is 1. The minimum atomic E-state index is 0.376. The van der Waals surface area contributed by atoms with E-state index in [9.17, 15) is 0 Å². The first-order chi connectivity index (χ1) is 10.3. The Morgan fingerprint density at radius 2 is 2.33 bits per heavy atom. The van der Waals surface area contributed by atoms with Crippen molar-refractivity contribution in [2.75, 3.05) is 13.7 Å². The molecule has 2 aromatic rings. The first-order valence-corrected chi connectivity index (χ1v) is 7.63. The van der Waals surface area contributed by atoms with Gasteiger partial charge in [0.25, 0.3) is 0 Å². The summed E-state index contributed by atoms with van der Waals surface area (Å²) >= 11 is 0. The molecule has 3 rings (SSSR count). The van der Waals surface area contributed by atoms with Gasteiger partial charge in [0.1, 0.15) is 18.1 Å². The summed E-state index contributed by atoms with van der Waals surface area (Å²) in [4.78, 5) is 2.48. The zero-order chi connectivity index (χ0) is 14.7. The lowest BCUT2D eigenvalue weighted by Crippen LogP contribution is -2.22. The average molecular weight is 289 g/mol. The van der Waals surface area contributed by atoms with Crippen molar-refractivity contribution in [1.29, 1.82) is 0 Å². The van der Waals surface area contributed by atoms with E-state index in [1.165, 1.54) is 12.0 Å². The fraction of sp³-hybridized carbons (Fsp3) is 0.562. The Morgan fingerprint density at radius 3 is 3.10 bits per heavy atom. The molecular formula is C16H23N3O2. The predicted molar refractivity (Wildman–Crippen MR) is 79.7 cm³/mol. The highest BCUT2D eigenvalue weighted by molar-refractivity contribution is 5.13. The molecule has 1 atom stereocenters. The summed E-state index contributed by atoms with van der Waals surface area (Å²) in [6.45, 7) is 5.61. The highest BCUT2D eigenvalue weighted by Gasteiger charge is 2.28. The van der Waals surface area contributed by atoms with Crippen molar-refractivity contribution in [3.8, 4) is 0 Å². The minimum absolute atomic E-state index is 0.376. The van der Waals surface area contributed by atoms with Crippen LogP contribution >= 0.6 is 0 Å². The van der Waals surface area contributed by atoms with Gasteiger partial charge in [-0.25, -0.2) is 0 Å². The van der Waals surface area contributed by atoms with Crippen LogP contribution in [-0.2, 0) is 24.4 Å². The zero-order valence-electron chi connectivity index (χ0n) is 12.8. The molecule has 5 nitrogen and oxygen atoms in total.